The summed E-state index contributed by atoms with van der Waals surface area (Å²) in [6.07, 6.45) is -0.656. The third-order valence-corrected chi connectivity index (χ3v) is 11.5. The number of carbonyl (C=O) groups is 1. The normalized spacial score (nSPS) is 18.9. The second-order valence-corrected chi connectivity index (χ2v) is 14.9. The molecule has 0 spiro atoms. The lowest BCUT2D eigenvalue weighted by atomic mass is 9.99. The monoisotopic (exact) mass is 627 g/mol. The summed E-state index contributed by atoms with van der Waals surface area (Å²) in [7, 11) is -6.27. The average molecular weight is 628 g/mol. The molecule has 1 aliphatic heterocycles. The Kier molecular flexibility index (Phi) is 9.12. The molecule has 0 aliphatic carbocycles. The summed E-state index contributed by atoms with van der Waals surface area (Å²) in [5, 5.41) is 11.9. The van der Waals surface area contributed by atoms with E-state index in [1.807, 2.05) is 6.92 Å². The predicted molar refractivity (Wildman–Crippen MR) is 154 cm³/mol. The van der Waals surface area contributed by atoms with Crippen LogP contribution in [-0.2, 0) is 20.0 Å². The van der Waals surface area contributed by atoms with E-state index in [0.29, 0.717) is 5.02 Å². The predicted octanol–water partition coefficient (Wildman–Crippen LogP) is 3.74. The number of anilines is 1. The van der Waals surface area contributed by atoms with Crippen LogP contribution in [-0.4, -0.2) is 75.9 Å². The van der Waals surface area contributed by atoms with Crippen molar-refractivity contribution >= 4 is 54.6 Å². The Morgan fingerprint density at radius 2 is 1.88 bits per heavy atom. The number of fused-ring (bicyclic) bond motifs is 1. The third kappa shape index (κ3) is 6.45. The van der Waals surface area contributed by atoms with Gasteiger partial charge in [0.25, 0.3) is 26.0 Å². The standard InChI is InChI=1S/C26H30ClN3O7S3/c1-17-14-30(18(2)16-31)26(32)22-13-20(28-39(33,34)21-9-6-19(27)7-10-21)8-11-23(22)37-24(17)15-29(3)40(35,36)25-5-4-12-38-25/h4-13,17-18,24,28,31H,14-16H2,1-3H3/t17-,18+,24+/m0/s1. The van der Waals surface area contributed by atoms with Crippen LogP contribution in [0.1, 0.15) is 24.2 Å². The lowest BCUT2D eigenvalue weighted by Crippen LogP contribution is -2.50. The summed E-state index contributed by atoms with van der Waals surface area (Å²) in [5.41, 5.74) is 0.210. The van der Waals surface area contributed by atoms with Crippen molar-refractivity contribution in [3.05, 3.63) is 70.6 Å². The Morgan fingerprint density at radius 1 is 1.18 bits per heavy atom. The minimum Gasteiger partial charge on any atom is -0.488 e. The van der Waals surface area contributed by atoms with Crippen LogP contribution in [0.25, 0.3) is 0 Å². The van der Waals surface area contributed by atoms with E-state index < -0.39 is 38.1 Å². The number of amides is 1. The van der Waals surface area contributed by atoms with Gasteiger partial charge in [-0.1, -0.05) is 24.6 Å². The molecule has 0 fully saturated rings. The van der Waals surface area contributed by atoms with Crippen LogP contribution in [0.15, 0.2) is 69.1 Å². The van der Waals surface area contributed by atoms with Gasteiger partial charge in [0.1, 0.15) is 16.1 Å². The van der Waals surface area contributed by atoms with E-state index in [1.54, 1.807) is 18.4 Å². The molecule has 14 heteroatoms. The molecule has 2 heterocycles. The molecule has 3 atom stereocenters. The van der Waals surface area contributed by atoms with Crippen molar-refractivity contribution < 1.29 is 31.5 Å². The van der Waals surface area contributed by atoms with Gasteiger partial charge in [-0.2, -0.15) is 4.31 Å². The van der Waals surface area contributed by atoms with Crippen molar-refractivity contribution in [2.45, 2.75) is 35.1 Å². The number of hydrogen-bond donors (Lipinski definition) is 2. The number of hydrogen-bond acceptors (Lipinski definition) is 8. The summed E-state index contributed by atoms with van der Waals surface area (Å²) < 4.78 is 62.2. The second kappa shape index (κ2) is 12.0. The molecule has 2 aromatic carbocycles. The second-order valence-electron chi connectivity index (χ2n) is 9.61. The number of aliphatic hydroxyl groups excluding tert-OH is 1. The van der Waals surface area contributed by atoms with Crippen LogP contribution in [0.4, 0.5) is 5.69 Å². The first kappa shape index (κ1) is 30.3. The Morgan fingerprint density at radius 3 is 2.50 bits per heavy atom. The van der Waals surface area contributed by atoms with Crippen molar-refractivity contribution in [2.75, 3.05) is 31.5 Å². The summed E-state index contributed by atoms with van der Waals surface area (Å²) in [6, 6.07) is 12.6. The molecular formula is C26H30ClN3O7S3. The highest BCUT2D eigenvalue weighted by Gasteiger charge is 2.35. The Labute approximate surface area is 243 Å². The summed E-state index contributed by atoms with van der Waals surface area (Å²) in [6.45, 7) is 3.43. The maximum absolute atomic E-state index is 13.6. The van der Waals surface area contributed by atoms with Gasteiger partial charge in [-0.05, 0) is 60.8 Å². The number of nitrogens with one attached hydrogen (secondary N) is 1. The Balaban J connectivity index is 1.68. The number of halogens is 1. The van der Waals surface area contributed by atoms with Crippen LogP contribution in [0.2, 0.25) is 5.02 Å². The fourth-order valence-corrected chi connectivity index (χ4v) is 7.81. The molecule has 1 aromatic heterocycles. The topological polar surface area (TPSA) is 133 Å². The maximum atomic E-state index is 13.6. The quantitative estimate of drug-likeness (QED) is 0.369. The molecule has 0 saturated carbocycles. The first-order valence-electron chi connectivity index (χ1n) is 12.3. The first-order valence-corrected chi connectivity index (χ1v) is 16.5. The number of sulfonamides is 2. The number of ether oxygens (including phenoxy) is 1. The van der Waals surface area contributed by atoms with Gasteiger partial charge >= 0.3 is 0 Å². The smallest absolute Gasteiger partial charge is 0.261 e. The van der Waals surface area contributed by atoms with Gasteiger partial charge in [0.05, 0.1) is 29.7 Å². The van der Waals surface area contributed by atoms with E-state index in [4.69, 9.17) is 16.3 Å². The fourth-order valence-electron chi connectivity index (χ4n) is 4.25. The zero-order chi connectivity index (χ0) is 29.2. The highest BCUT2D eigenvalue weighted by atomic mass is 35.5. The number of likely N-dealkylation sites (N-methyl/N-ethyl adjacent to an activating group) is 1. The highest BCUT2D eigenvalue weighted by Crippen LogP contribution is 2.32. The first-order chi connectivity index (χ1) is 18.8. The van der Waals surface area contributed by atoms with E-state index in [1.165, 1.54) is 64.8 Å². The van der Waals surface area contributed by atoms with Crippen molar-refractivity contribution in [1.82, 2.24) is 9.21 Å². The van der Waals surface area contributed by atoms with Gasteiger partial charge in [-0.25, -0.2) is 16.8 Å². The molecule has 4 rings (SSSR count). The number of thiophene rings is 1. The SMILES string of the molecule is C[C@H](CO)N1C[C@H](C)[C@@H](CN(C)S(=O)(=O)c2cccs2)Oc2ccc(NS(=O)(=O)c3ccc(Cl)cc3)cc2C1=O. The summed E-state index contributed by atoms with van der Waals surface area (Å²) in [5.74, 6) is -0.586. The van der Waals surface area contributed by atoms with Crippen molar-refractivity contribution in [1.29, 1.82) is 0 Å². The zero-order valence-corrected chi connectivity index (χ0v) is 25.2. The van der Waals surface area contributed by atoms with E-state index in [2.05, 4.69) is 4.72 Å². The van der Waals surface area contributed by atoms with Crippen molar-refractivity contribution in [2.24, 2.45) is 5.92 Å². The van der Waals surface area contributed by atoms with Crippen LogP contribution in [0, 0.1) is 5.92 Å². The van der Waals surface area contributed by atoms with Crippen molar-refractivity contribution in [3.8, 4) is 5.75 Å². The van der Waals surface area contributed by atoms with Gasteiger partial charge in [0.2, 0.25) is 0 Å². The number of nitrogens with zero attached hydrogens (tertiary/aromatic N) is 2. The van der Waals surface area contributed by atoms with Gasteiger partial charge in [0.15, 0.2) is 0 Å². The number of benzene rings is 2. The summed E-state index contributed by atoms with van der Waals surface area (Å²) in [4.78, 5) is 15.1. The van der Waals surface area contributed by atoms with Gasteiger partial charge in [0, 0.05) is 30.2 Å². The molecule has 216 valence electrons. The largest absolute Gasteiger partial charge is 0.488 e. The molecule has 1 amide bonds. The number of aliphatic hydroxyl groups is 1. The number of carbonyl (C=O) groups excluding carboxylic acids is 1. The lowest BCUT2D eigenvalue weighted by Gasteiger charge is -2.38. The van der Waals surface area contributed by atoms with E-state index >= 15 is 0 Å². The average Bonchev–Trinajstić information content (AvgIpc) is 3.47. The molecule has 0 unspecified atom stereocenters. The van der Waals surface area contributed by atoms with E-state index in [-0.39, 0.29) is 51.7 Å². The minimum atomic E-state index is -3.99. The lowest BCUT2D eigenvalue weighted by molar-refractivity contribution is 0.0387. The molecule has 1 aliphatic rings. The molecule has 0 saturated heterocycles. The van der Waals surface area contributed by atoms with Crippen LogP contribution >= 0.6 is 22.9 Å². The Hall–Kier alpha value is -2.68. The fraction of sp³-hybridized carbons (Fsp3) is 0.346. The maximum Gasteiger partial charge on any atom is 0.261 e. The molecule has 0 radical (unpaired) electrons. The van der Waals surface area contributed by atoms with Gasteiger partial charge in [-0.3, -0.25) is 9.52 Å². The highest BCUT2D eigenvalue weighted by molar-refractivity contribution is 7.92. The van der Waals surface area contributed by atoms with Crippen LogP contribution in [0.3, 0.4) is 0 Å². The minimum absolute atomic E-state index is 0.00131. The van der Waals surface area contributed by atoms with Gasteiger partial charge in [-0.15, -0.1) is 11.3 Å². The van der Waals surface area contributed by atoms with E-state index in [9.17, 15) is 26.7 Å². The molecule has 2 N–H and O–H groups in total. The molecule has 40 heavy (non-hydrogen) atoms. The van der Waals surface area contributed by atoms with Crippen LogP contribution < -0.4 is 9.46 Å². The molecule has 3 aromatic rings. The van der Waals surface area contributed by atoms with Crippen molar-refractivity contribution in [3.63, 3.8) is 0 Å². The molecular weight excluding hydrogens is 598 g/mol. The molecule has 0 bridgehead atoms. The summed E-state index contributed by atoms with van der Waals surface area (Å²) >= 11 is 6.99. The Bertz CT molecular complexity index is 1560. The number of rotatable bonds is 9. The van der Waals surface area contributed by atoms with E-state index in [0.717, 1.165) is 11.3 Å². The van der Waals surface area contributed by atoms with Crippen LogP contribution in [0.5, 0.6) is 5.75 Å². The molecule has 10 nitrogen and oxygen atoms in total. The third-order valence-electron chi connectivity index (χ3n) is 6.64. The zero-order valence-electron chi connectivity index (χ0n) is 22.0. The van der Waals surface area contributed by atoms with Gasteiger partial charge < -0.3 is 14.7 Å².